The number of nitrogens with one attached hydrogen (secondary N) is 1. The monoisotopic (exact) mass is 429 g/mol. The Morgan fingerprint density at radius 3 is 2.50 bits per heavy atom. The first-order valence-electron chi connectivity index (χ1n) is 10.6. The second kappa shape index (κ2) is 8.00. The molecule has 1 fully saturated rings. The van der Waals surface area contributed by atoms with E-state index >= 15 is 0 Å². The molecule has 1 N–H and O–H groups in total. The normalized spacial score (nSPS) is 19.7. The smallest absolute Gasteiger partial charge is 0.325 e. The van der Waals surface area contributed by atoms with E-state index in [4.69, 9.17) is 4.42 Å². The van der Waals surface area contributed by atoms with Gasteiger partial charge in [0.15, 0.2) is 0 Å². The van der Waals surface area contributed by atoms with Crippen LogP contribution >= 0.6 is 0 Å². The Bertz CT molecular complexity index is 1160. The van der Waals surface area contributed by atoms with Gasteiger partial charge in [0.05, 0.1) is 12.8 Å². The van der Waals surface area contributed by atoms with Crippen molar-refractivity contribution in [1.82, 2.24) is 10.2 Å². The number of amides is 4. The Balaban J connectivity index is 1.37. The van der Waals surface area contributed by atoms with Gasteiger partial charge in [-0.1, -0.05) is 42.5 Å². The predicted octanol–water partition coefficient (Wildman–Crippen LogP) is 3.29. The molecule has 0 bridgehead atoms. The Labute approximate surface area is 185 Å². The molecule has 32 heavy (non-hydrogen) atoms. The molecular weight excluding hydrogens is 406 g/mol. The lowest BCUT2D eigenvalue weighted by molar-refractivity contribution is -0.134. The van der Waals surface area contributed by atoms with Gasteiger partial charge in [0.2, 0.25) is 5.91 Å². The number of carbonyl (C=O) groups excluding carboxylic acids is 3. The van der Waals surface area contributed by atoms with E-state index in [1.165, 1.54) is 10.5 Å². The molecule has 1 aromatic heterocycles. The molecule has 1 unspecified atom stereocenters. The molecule has 1 aliphatic heterocycles. The summed E-state index contributed by atoms with van der Waals surface area (Å²) in [7, 11) is 0. The number of para-hydroxylation sites is 1. The maximum atomic E-state index is 13.4. The van der Waals surface area contributed by atoms with Crippen LogP contribution in [-0.2, 0) is 29.0 Å². The summed E-state index contributed by atoms with van der Waals surface area (Å²) in [6.07, 6.45) is 3.21. The zero-order valence-corrected chi connectivity index (χ0v) is 17.5. The van der Waals surface area contributed by atoms with Crippen molar-refractivity contribution in [1.29, 1.82) is 0 Å². The van der Waals surface area contributed by atoms with Crippen LogP contribution in [0.1, 0.15) is 23.3 Å². The Hall–Kier alpha value is -3.87. The molecule has 4 amide bonds. The molecule has 1 aliphatic carbocycles. The highest BCUT2D eigenvalue weighted by molar-refractivity contribution is 6.10. The van der Waals surface area contributed by atoms with Crippen LogP contribution in [0.25, 0.3) is 0 Å². The molecule has 1 saturated heterocycles. The van der Waals surface area contributed by atoms with Gasteiger partial charge in [-0.15, -0.1) is 0 Å². The lowest BCUT2D eigenvalue weighted by atomic mass is 9.78. The van der Waals surface area contributed by atoms with Crippen LogP contribution in [0, 0.1) is 0 Å². The molecule has 2 aromatic carbocycles. The SMILES string of the molecule is O=C1NC2(CCc3ccccc3C2)C(=O)N1CC(=O)N(Cc1ccco1)c1ccccc1. The van der Waals surface area contributed by atoms with Crippen molar-refractivity contribution in [3.63, 3.8) is 0 Å². The zero-order valence-electron chi connectivity index (χ0n) is 17.5. The quantitative estimate of drug-likeness (QED) is 0.631. The third-order valence-electron chi connectivity index (χ3n) is 6.23. The van der Waals surface area contributed by atoms with Crippen LogP contribution in [0.3, 0.4) is 0 Å². The summed E-state index contributed by atoms with van der Waals surface area (Å²) < 4.78 is 5.42. The number of nitrogens with zero attached hydrogens (tertiary/aromatic N) is 2. The number of anilines is 1. The van der Waals surface area contributed by atoms with Crippen LogP contribution < -0.4 is 10.2 Å². The number of carbonyl (C=O) groups is 3. The van der Waals surface area contributed by atoms with Crippen molar-refractivity contribution >= 4 is 23.5 Å². The van der Waals surface area contributed by atoms with E-state index in [0.29, 0.717) is 30.7 Å². The van der Waals surface area contributed by atoms with Gasteiger partial charge >= 0.3 is 6.03 Å². The van der Waals surface area contributed by atoms with E-state index in [9.17, 15) is 14.4 Å². The van der Waals surface area contributed by atoms with Crippen LogP contribution in [0.5, 0.6) is 0 Å². The van der Waals surface area contributed by atoms with Crippen LogP contribution in [0.2, 0.25) is 0 Å². The highest BCUT2D eigenvalue weighted by Gasteiger charge is 2.52. The summed E-state index contributed by atoms with van der Waals surface area (Å²) in [6, 6.07) is 20.1. The first-order chi connectivity index (χ1) is 15.6. The minimum atomic E-state index is -0.982. The highest BCUT2D eigenvalue weighted by Crippen LogP contribution is 2.33. The predicted molar refractivity (Wildman–Crippen MR) is 118 cm³/mol. The fraction of sp³-hybridized carbons (Fsp3) is 0.240. The standard InChI is InChI=1S/C25H23N3O4/c29-22(27(16-21-11-6-14-32-21)20-9-2-1-3-10-20)17-28-23(30)25(26-24(28)31)13-12-18-7-4-5-8-19(18)15-25/h1-11,14H,12-13,15-17H2,(H,26,31). The maximum absolute atomic E-state index is 13.4. The summed E-state index contributed by atoms with van der Waals surface area (Å²) in [5.74, 6) is -0.0829. The van der Waals surface area contributed by atoms with E-state index in [1.54, 1.807) is 18.4 Å². The second-order valence-electron chi connectivity index (χ2n) is 8.24. The van der Waals surface area contributed by atoms with Gasteiger partial charge < -0.3 is 14.6 Å². The number of furan rings is 1. The van der Waals surface area contributed by atoms with E-state index < -0.39 is 11.6 Å². The van der Waals surface area contributed by atoms with E-state index in [1.807, 2.05) is 48.5 Å². The number of hydrogen-bond donors (Lipinski definition) is 1. The van der Waals surface area contributed by atoms with Crippen molar-refractivity contribution in [3.8, 4) is 0 Å². The number of fused-ring (bicyclic) bond motifs is 1. The minimum absolute atomic E-state index is 0.206. The summed E-state index contributed by atoms with van der Waals surface area (Å²) in [5.41, 5.74) is 1.94. The molecule has 2 heterocycles. The van der Waals surface area contributed by atoms with Gasteiger partial charge in [0, 0.05) is 12.1 Å². The molecule has 162 valence electrons. The van der Waals surface area contributed by atoms with Crippen molar-refractivity contribution in [2.45, 2.75) is 31.3 Å². The van der Waals surface area contributed by atoms with Crippen molar-refractivity contribution in [3.05, 3.63) is 89.9 Å². The summed E-state index contributed by atoms with van der Waals surface area (Å²) in [6.45, 7) is -0.123. The molecular formula is C25H23N3O4. The molecule has 1 spiro atoms. The Morgan fingerprint density at radius 2 is 1.75 bits per heavy atom. The molecule has 7 heteroatoms. The van der Waals surface area contributed by atoms with Crippen molar-refractivity contribution in [2.24, 2.45) is 0 Å². The number of urea groups is 1. The fourth-order valence-electron chi connectivity index (χ4n) is 4.55. The largest absolute Gasteiger partial charge is 0.467 e. The summed E-state index contributed by atoms with van der Waals surface area (Å²) in [5, 5.41) is 2.89. The number of benzene rings is 2. The van der Waals surface area contributed by atoms with Gasteiger partial charge in [-0.25, -0.2) is 4.79 Å². The summed E-state index contributed by atoms with van der Waals surface area (Å²) >= 11 is 0. The highest BCUT2D eigenvalue weighted by atomic mass is 16.3. The second-order valence-corrected chi connectivity index (χ2v) is 8.24. The summed E-state index contributed by atoms with van der Waals surface area (Å²) in [4.78, 5) is 42.0. The first-order valence-corrected chi connectivity index (χ1v) is 10.6. The van der Waals surface area contributed by atoms with E-state index in [2.05, 4.69) is 11.4 Å². The van der Waals surface area contributed by atoms with Gasteiger partial charge in [-0.3, -0.25) is 14.5 Å². The van der Waals surface area contributed by atoms with Crippen LogP contribution in [0.15, 0.2) is 77.4 Å². The average molecular weight is 429 g/mol. The molecule has 0 radical (unpaired) electrons. The van der Waals surface area contributed by atoms with E-state index in [0.717, 1.165) is 10.5 Å². The molecule has 7 nitrogen and oxygen atoms in total. The molecule has 3 aromatic rings. The van der Waals surface area contributed by atoms with Crippen molar-refractivity contribution in [2.75, 3.05) is 11.4 Å². The third kappa shape index (κ3) is 3.56. The van der Waals surface area contributed by atoms with E-state index in [-0.39, 0.29) is 24.9 Å². The number of hydrogen-bond acceptors (Lipinski definition) is 4. The minimum Gasteiger partial charge on any atom is -0.467 e. The number of imide groups is 1. The Kier molecular flexibility index (Phi) is 5.01. The molecule has 0 saturated carbocycles. The van der Waals surface area contributed by atoms with Crippen LogP contribution in [0.4, 0.5) is 10.5 Å². The van der Waals surface area contributed by atoms with Crippen molar-refractivity contribution < 1.29 is 18.8 Å². The topological polar surface area (TPSA) is 82.9 Å². The molecule has 1 atom stereocenters. The zero-order chi connectivity index (χ0) is 22.1. The van der Waals surface area contributed by atoms with Gasteiger partial charge in [-0.2, -0.15) is 0 Å². The lowest BCUT2D eigenvalue weighted by Gasteiger charge is -2.32. The number of rotatable bonds is 5. The molecule has 2 aliphatic rings. The first kappa shape index (κ1) is 20.1. The van der Waals surface area contributed by atoms with Gasteiger partial charge in [0.1, 0.15) is 17.8 Å². The maximum Gasteiger partial charge on any atom is 0.325 e. The number of aryl methyl sites for hydroxylation is 1. The van der Waals surface area contributed by atoms with Gasteiger partial charge in [-0.05, 0) is 48.2 Å². The fourth-order valence-corrected chi connectivity index (χ4v) is 4.55. The third-order valence-corrected chi connectivity index (χ3v) is 6.23. The van der Waals surface area contributed by atoms with Crippen LogP contribution in [-0.4, -0.2) is 34.8 Å². The molecule has 5 rings (SSSR count). The average Bonchev–Trinajstić information content (AvgIpc) is 3.41. The Morgan fingerprint density at radius 1 is 1.00 bits per heavy atom. The lowest BCUT2D eigenvalue weighted by Crippen LogP contribution is -2.51. The van der Waals surface area contributed by atoms with Gasteiger partial charge in [0.25, 0.3) is 5.91 Å².